The van der Waals surface area contributed by atoms with Crippen LogP contribution in [0.15, 0.2) is 36.9 Å². The van der Waals surface area contributed by atoms with Crippen LogP contribution < -0.4 is 10.6 Å². The summed E-state index contributed by atoms with van der Waals surface area (Å²) in [4.78, 5) is 26.4. The smallest absolute Gasteiger partial charge is 0.411 e. The highest BCUT2D eigenvalue weighted by atomic mass is 16.5. The van der Waals surface area contributed by atoms with Gasteiger partial charge in [0.15, 0.2) is 11.5 Å². The molecule has 3 aromatic rings. The van der Waals surface area contributed by atoms with E-state index in [0.29, 0.717) is 23.7 Å². The molecule has 0 bridgehead atoms. The molecule has 1 aromatic carbocycles. The highest BCUT2D eigenvalue weighted by Gasteiger charge is 2.05. The van der Waals surface area contributed by atoms with Crippen LogP contribution in [0.3, 0.4) is 0 Å². The Morgan fingerprint density at radius 2 is 2.05 bits per heavy atom. The van der Waals surface area contributed by atoms with Crippen molar-refractivity contribution in [1.82, 2.24) is 19.9 Å². The molecule has 0 unspecified atom stereocenters. The number of aromatic nitrogens is 4. The lowest BCUT2D eigenvalue weighted by Crippen LogP contribution is -2.10. The first kappa shape index (κ1) is 13.8. The summed E-state index contributed by atoms with van der Waals surface area (Å²) in [7, 11) is 1.32. The van der Waals surface area contributed by atoms with E-state index in [1.54, 1.807) is 18.5 Å². The highest BCUT2D eigenvalue weighted by molar-refractivity contribution is 5.84. The van der Waals surface area contributed by atoms with E-state index in [1.807, 2.05) is 12.1 Å². The molecule has 0 fully saturated rings. The summed E-state index contributed by atoms with van der Waals surface area (Å²) in [6.07, 6.45) is 2.56. The van der Waals surface area contributed by atoms with Gasteiger partial charge >= 0.3 is 6.09 Å². The van der Waals surface area contributed by atoms with E-state index in [4.69, 9.17) is 0 Å². The summed E-state index contributed by atoms with van der Waals surface area (Å²) in [5, 5.41) is 5.82. The molecular formula is C14H14N6O2. The standard InChI is InChI=1S/C14H14N6O2/c1-22-14(21)20-10-4-2-9(3-5-10)6-15-12-11-13(17-7-16-11)19-8-18-12/h2-5,7-8H,6H2,1H3,(H,20,21)(H2,15,16,17,18,19). The molecule has 0 saturated carbocycles. The van der Waals surface area contributed by atoms with Crippen LogP contribution in [0.25, 0.3) is 11.2 Å². The van der Waals surface area contributed by atoms with E-state index < -0.39 is 6.09 Å². The number of nitrogens with one attached hydrogen (secondary N) is 3. The zero-order valence-electron chi connectivity index (χ0n) is 11.8. The maximum atomic E-state index is 11.1. The van der Waals surface area contributed by atoms with E-state index in [0.717, 1.165) is 11.1 Å². The first-order valence-electron chi connectivity index (χ1n) is 6.58. The van der Waals surface area contributed by atoms with Gasteiger partial charge in [-0.25, -0.2) is 19.7 Å². The maximum Gasteiger partial charge on any atom is 0.411 e. The van der Waals surface area contributed by atoms with Crippen molar-refractivity contribution in [1.29, 1.82) is 0 Å². The van der Waals surface area contributed by atoms with Gasteiger partial charge in [-0.3, -0.25) is 5.32 Å². The second kappa shape index (κ2) is 6.08. The molecule has 0 radical (unpaired) electrons. The molecule has 0 spiro atoms. The van der Waals surface area contributed by atoms with Crippen molar-refractivity contribution in [3.63, 3.8) is 0 Å². The Morgan fingerprint density at radius 3 is 2.82 bits per heavy atom. The van der Waals surface area contributed by atoms with Gasteiger partial charge in [0.05, 0.1) is 13.4 Å². The normalized spacial score (nSPS) is 10.4. The molecule has 112 valence electrons. The zero-order chi connectivity index (χ0) is 15.4. The number of carbonyl (C=O) groups excluding carboxylic acids is 1. The molecule has 8 heteroatoms. The quantitative estimate of drug-likeness (QED) is 0.681. The molecule has 1 amide bonds. The third kappa shape index (κ3) is 2.95. The Bertz CT molecular complexity index is 783. The molecule has 2 heterocycles. The topological polar surface area (TPSA) is 105 Å². The number of anilines is 2. The van der Waals surface area contributed by atoms with Crippen LogP contribution in [0.5, 0.6) is 0 Å². The number of methoxy groups -OCH3 is 1. The molecule has 0 saturated heterocycles. The van der Waals surface area contributed by atoms with Crippen molar-refractivity contribution in [3.05, 3.63) is 42.5 Å². The minimum absolute atomic E-state index is 0.492. The van der Waals surface area contributed by atoms with Crippen molar-refractivity contribution in [2.24, 2.45) is 0 Å². The molecule has 0 aliphatic heterocycles. The SMILES string of the molecule is COC(=O)Nc1ccc(CNc2ncnc3nc[nH]c23)cc1. The van der Waals surface area contributed by atoms with Crippen molar-refractivity contribution < 1.29 is 9.53 Å². The Kier molecular flexibility index (Phi) is 3.82. The molecule has 0 atom stereocenters. The number of nitrogens with zero attached hydrogens (tertiary/aromatic N) is 3. The minimum atomic E-state index is -0.492. The van der Waals surface area contributed by atoms with Crippen molar-refractivity contribution in [2.75, 3.05) is 17.7 Å². The molecule has 3 N–H and O–H groups in total. The lowest BCUT2D eigenvalue weighted by molar-refractivity contribution is 0.187. The first-order chi connectivity index (χ1) is 10.8. The van der Waals surface area contributed by atoms with Crippen LogP contribution >= 0.6 is 0 Å². The van der Waals surface area contributed by atoms with Gasteiger partial charge in [-0.05, 0) is 17.7 Å². The second-order valence-corrected chi connectivity index (χ2v) is 4.49. The van der Waals surface area contributed by atoms with Gasteiger partial charge in [0, 0.05) is 12.2 Å². The van der Waals surface area contributed by atoms with Crippen LogP contribution in [-0.4, -0.2) is 33.1 Å². The van der Waals surface area contributed by atoms with Crippen molar-refractivity contribution in [3.8, 4) is 0 Å². The van der Waals surface area contributed by atoms with Gasteiger partial charge in [0.25, 0.3) is 0 Å². The molecule has 22 heavy (non-hydrogen) atoms. The van der Waals surface area contributed by atoms with E-state index >= 15 is 0 Å². The number of ether oxygens (including phenoxy) is 1. The largest absolute Gasteiger partial charge is 0.453 e. The zero-order valence-corrected chi connectivity index (χ0v) is 11.8. The fraction of sp³-hybridized carbons (Fsp3) is 0.143. The van der Waals surface area contributed by atoms with Crippen LogP contribution in [0, 0.1) is 0 Å². The van der Waals surface area contributed by atoms with Crippen LogP contribution in [0.4, 0.5) is 16.3 Å². The predicted molar refractivity (Wildman–Crippen MR) is 81.5 cm³/mol. The Labute approximate surface area is 126 Å². The number of rotatable bonds is 4. The van der Waals surface area contributed by atoms with E-state index in [-0.39, 0.29) is 0 Å². The van der Waals surface area contributed by atoms with Gasteiger partial charge in [0.2, 0.25) is 0 Å². The van der Waals surface area contributed by atoms with Crippen LogP contribution in [0.2, 0.25) is 0 Å². The number of imidazole rings is 1. The van der Waals surface area contributed by atoms with Gasteiger partial charge in [-0.2, -0.15) is 0 Å². The third-order valence-corrected chi connectivity index (χ3v) is 3.07. The van der Waals surface area contributed by atoms with Crippen LogP contribution in [-0.2, 0) is 11.3 Å². The predicted octanol–water partition coefficient (Wildman–Crippen LogP) is 2.14. The molecule has 8 nitrogen and oxygen atoms in total. The van der Waals surface area contributed by atoms with Crippen molar-refractivity contribution in [2.45, 2.75) is 6.54 Å². The number of H-pyrrole nitrogens is 1. The summed E-state index contributed by atoms with van der Waals surface area (Å²) in [5.41, 5.74) is 3.11. The monoisotopic (exact) mass is 298 g/mol. The van der Waals surface area contributed by atoms with Gasteiger partial charge in [-0.1, -0.05) is 12.1 Å². The van der Waals surface area contributed by atoms with Crippen molar-refractivity contribution >= 4 is 28.8 Å². The molecular weight excluding hydrogens is 284 g/mol. The summed E-state index contributed by atoms with van der Waals surface area (Å²) in [6, 6.07) is 7.42. The lowest BCUT2D eigenvalue weighted by atomic mass is 10.2. The lowest BCUT2D eigenvalue weighted by Gasteiger charge is -2.07. The molecule has 0 aliphatic carbocycles. The van der Waals surface area contributed by atoms with E-state index in [1.165, 1.54) is 13.4 Å². The summed E-state index contributed by atoms with van der Waals surface area (Å²) < 4.78 is 4.54. The average Bonchev–Trinajstić information content (AvgIpc) is 3.03. The van der Waals surface area contributed by atoms with Gasteiger partial charge in [0.1, 0.15) is 11.8 Å². The molecule has 2 aromatic heterocycles. The number of amides is 1. The molecule has 3 rings (SSSR count). The van der Waals surface area contributed by atoms with E-state index in [9.17, 15) is 4.79 Å². The number of aromatic amines is 1. The number of hydrogen-bond acceptors (Lipinski definition) is 6. The minimum Gasteiger partial charge on any atom is -0.453 e. The number of carbonyl (C=O) groups is 1. The summed E-state index contributed by atoms with van der Waals surface area (Å²) in [6.45, 7) is 0.587. The Balaban J connectivity index is 1.66. The van der Waals surface area contributed by atoms with Crippen LogP contribution in [0.1, 0.15) is 5.56 Å². The Morgan fingerprint density at radius 1 is 1.23 bits per heavy atom. The first-order valence-corrected chi connectivity index (χ1v) is 6.58. The fourth-order valence-corrected chi connectivity index (χ4v) is 1.96. The molecule has 0 aliphatic rings. The number of fused-ring (bicyclic) bond motifs is 1. The second-order valence-electron chi connectivity index (χ2n) is 4.49. The fourth-order valence-electron chi connectivity index (χ4n) is 1.96. The summed E-state index contributed by atoms with van der Waals surface area (Å²) in [5.74, 6) is 0.694. The summed E-state index contributed by atoms with van der Waals surface area (Å²) >= 11 is 0. The van der Waals surface area contributed by atoms with Gasteiger partial charge in [-0.15, -0.1) is 0 Å². The third-order valence-electron chi connectivity index (χ3n) is 3.07. The maximum absolute atomic E-state index is 11.1. The number of hydrogen-bond donors (Lipinski definition) is 3. The van der Waals surface area contributed by atoms with Gasteiger partial charge < -0.3 is 15.0 Å². The van der Waals surface area contributed by atoms with E-state index in [2.05, 4.69) is 35.3 Å². The Hall–Kier alpha value is -3.16. The highest BCUT2D eigenvalue weighted by Crippen LogP contribution is 2.16. The average molecular weight is 298 g/mol. The number of benzene rings is 1.